The Hall–Kier alpha value is -1.66. The predicted octanol–water partition coefficient (Wildman–Crippen LogP) is 3.99. The number of unbranched alkanes of at least 4 members (excludes halogenated alkanes) is 4. The van der Waals surface area contributed by atoms with Crippen LogP contribution in [0.25, 0.3) is 0 Å². The minimum Gasteiger partial charge on any atom is -1.00 e. The Kier molecular flexibility index (Phi) is 12.0. The monoisotopic (exact) mass is 453 g/mol. The number of phenolic OH excluding ortho intramolecular Hbond substituents is 1. The second kappa shape index (κ2) is 13.6. The Balaban J connectivity index is 0.00000450. The number of halogens is 2. The van der Waals surface area contributed by atoms with Crippen molar-refractivity contribution in [3.8, 4) is 5.75 Å². The summed E-state index contributed by atoms with van der Waals surface area (Å²) in [5.41, 5.74) is 2.26. The number of benzene rings is 2. The minimum absolute atomic E-state index is 0. The Labute approximate surface area is 191 Å². The van der Waals surface area contributed by atoms with Gasteiger partial charge in [0.15, 0.2) is 6.73 Å². The molecule has 0 saturated heterocycles. The number of ether oxygens (including phenoxy) is 1. The third kappa shape index (κ3) is 9.90. The van der Waals surface area contributed by atoms with Gasteiger partial charge >= 0.3 is 0 Å². The van der Waals surface area contributed by atoms with Crippen LogP contribution in [0.1, 0.15) is 44.6 Å². The molecule has 0 aliphatic heterocycles. The van der Waals surface area contributed by atoms with Gasteiger partial charge in [0, 0.05) is 5.02 Å². The first-order valence-corrected chi connectivity index (χ1v) is 10.7. The average Bonchev–Trinajstić information content (AvgIpc) is 2.69. The number of azo groups is 1. The lowest BCUT2D eigenvalue weighted by Gasteiger charge is -2.29. The molecule has 5 nitrogen and oxygen atoms in total. The fourth-order valence-corrected chi connectivity index (χ4v) is 3.14. The van der Waals surface area contributed by atoms with Gasteiger partial charge in [0.25, 0.3) is 0 Å². The quantitative estimate of drug-likeness (QED) is 0.228. The van der Waals surface area contributed by atoms with E-state index < -0.39 is 0 Å². The highest BCUT2D eigenvalue weighted by atomic mass is 35.5. The van der Waals surface area contributed by atoms with E-state index in [1.165, 1.54) is 25.7 Å². The van der Waals surface area contributed by atoms with Gasteiger partial charge in [-0.05, 0) is 48.9 Å². The van der Waals surface area contributed by atoms with Crippen LogP contribution in [0.2, 0.25) is 5.02 Å². The third-order valence-corrected chi connectivity index (χ3v) is 4.85. The maximum atomic E-state index is 10.3. The second-order valence-electron chi connectivity index (χ2n) is 8.03. The lowest BCUT2D eigenvalue weighted by molar-refractivity contribution is -0.922. The molecular formula is C23H33Cl2N3O2. The fraction of sp³-hybridized carbons (Fsp3) is 0.478. The zero-order valence-corrected chi connectivity index (χ0v) is 19.7. The zero-order valence-electron chi connectivity index (χ0n) is 18.2. The smallest absolute Gasteiger partial charge is 0.182 e. The Morgan fingerprint density at radius 3 is 2.27 bits per heavy atom. The molecule has 2 aromatic rings. The molecule has 0 aliphatic rings. The van der Waals surface area contributed by atoms with Crippen molar-refractivity contribution in [3.05, 3.63) is 53.1 Å². The summed E-state index contributed by atoms with van der Waals surface area (Å²) in [4.78, 5) is 0. The van der Waals surface area contributed by atoms with Crippen molar-refractivity contribution in [2.75, 3.05) is 27.4 Å². The van der Waals surface area contributed by atoms with Crippen LogP contribution in [0.4, 0.5) is 11.4 Å². The van der Waals surface area contributed by atoms with Crippen molar-refractivity contribution in [1.82, 2.24) is 0 Å². The van der Waals surface area contributed by atoms with Gasteiger partial charge in [-0.3, -0.25) is 0 Å². The summed E-state index contributed by atoms with van der Waals surface area (Å²) < 4.78 is 6.50. The van der Waals surface area contributed by atoms with E-state index in [9.17, 15) is 5.11 Å². The van der Waals surface area contributed by atoms with E-state index in [4.69, 9.17) is 16.3 Å². The first kappa shape index (κ1) is 26.4. The maximum absolute atomic E-state index is 10.3. The molecule has 0 amide bonds. The van der Waals surface area contributed by atoms with E-state index >= 15 is 0 Å². The van der Waals surface area contributed by atoms with Gasteiger partial charge in [0.2, 0.25) is 0 Å². The Morgan fingerprint density at radius 1 is 0.933 bits per heavy atom. The Morgan fingerprint density at radius 2 is 1.57 bits per heavy atom. The van der Waals surface area contributed by atoms with Crippen molar-refractivity contribution in [1.29, 1.82) is 0 Å². The van der Waals surface area contributed by atoms with Crippen molar-refractivity contribution in [2.45, 2.75) is 45.6 Å². The van der Waals surface area contributed by atoms with Crippen molar-refractivity contribution in [3.63, 3.8) is 0 Å². The highest BCUT2D eigenvalue weighted by Crippen LogP contribution is 2.27. The molecule has 0 fully saturated rings. The van der Waals surface area contributed by atoms with Crippen LogP contribution in [0, 0.1) is 0 Å². The van der Waals surface area contributed by atoms with Crippen molar-refractivity contribution >= 4 is 23.0 Å². The molecule has 0 saturated carbocycles. The van der Waals surface area contributed by atoms with Gasteiger partial charge in [-0.1, -0.05) is 44.2 Å². The summed E-state index contributed by atoms with van der Waals surface area (Å²) >= 11 is 5.89. The first-order valence-electron chi connectivity index (χ1n) is 10.3. The zero-order chi connectivity index (χ0) is 21.1. The summed E-state index contributed by atoms with van der Waals surface area (Å²) in [7, 11) is 4.19. The van der Waals surface area contributed by atoms with Crippen LogP contribution < -0.4 is 12.4 Å². The molecule has 0 bridgehead atoms. The van der Waals surface area contributed by atoms with Gasteiger partial charge in [0.05, 0.1) is 37.6 Å². The normalized spacial score (nSPS) is 11.6. The standard InChI is InChI=1S/C23H32ClN3O2.ClH/c1-4-5-6-7-8-15-29-18-27(2,3)17-19-16-22(13-14-23(19)28)26-25-21-11-9-20(24)10-12-21;/h9-14,16H,4-8,15,17-18H2,1-3H3;1H. The highest BCUT2D eigenvalue weighted by Gasteiger charge is 2.18. The number of hydrogen-bond donors (Lipinski definition) is 1. The molecule has 1 N–H and O–H groups in total. The van der Waals surface area contributed by atoms with Crippen LogP contribution in [0.5, 0.6) is 5.75 Å². The van der Waals surface area contributed by atoms with Crippen LogP contribution in [0.15, 0.2) is 52.7 Å². The molecule has 2 aromatic carbocycles. The van der Waals surface area contributed by atoms with Crippen molar-refractivity contribution in [2.24, 2.45) is 10.2 Å². The number of rotatable bonds is 12. The number of phenols is 1. The molecule has 0 unspecified atom stereocenters. The molecule has 0 aliphatic carbocycles. The highest BCUT2D eigenvalue weighted by molar-refractivity contribution is 6.30. The number of hydrogen-bond acceptors (Lipinski definition) is 4. The lowest BCUT2D eigenvalue weighted by Crippen LogP contribution is -3.00. The average molecular weight is 454 g/mol. The number of aromatic hydroxyl groups is 1. The van der Waals surface area contributed by atoms with E-state index in [0.717, 1.165) is 24.3 Å². The van der Waals surface area contributed by atoms with Crippen LogP contribution >= 0.6 is 11.6 Å². The van der Waals surface area contributed by atoms with Gasteiger partial charge in [0.1, 0.15) is 12.3 Å². The molecule has 166 valence electrons. The molecule has 0 heterocycles. The van der Waals surface area contributed by atoms with E-state index in [1.807, 2.05) is 18.2 Å². The summed E-state index contributed by atoms with van der Waals surface area (Å²) in [6, 6.07) is 12.5. The third-order valence-electron chi connectivity index (χ3n) is 4.60. The van der Waals surface area contributed by atoms with Crippen LogP contribution in [0.3, 0.4) is 0 Å². The SMILES string of the molecule is CCCCCCCOC[N+](C)(C)Cc1cc(N=Nc2ccc(Cl)cc2)ccc1O.[Cl-]. The largest absolute Gasteiger partial charge is 1.00 e. The van der Waals surface area contributed by atoms with Crippen LogP contribution in [-0.2, 0) is 11.3 Å². The van der Waals surface area contributed by atoms with Crippen molar-refractivity contribution < 1.29 is 26.7 Å². The van der Waals surface area contributed by atoms with E-state index in [2.05, 4.69) is 31.2 Å². The minimum atomic E-state index is 0. The molecule has 7 heteroatoms. The maximum Gasteiger partial charge on any atom is 0.182 e. The molecule has 0 aromatic heterocycles. The lowest BCUT2D eigenvalue weighted by atomic mass is 10.1. The van der Waals surface area contributed by atoms with Gasteiger partial charge in [-0.2, -0.15) is 10.2 Å². The topological polar surface area (TPSA) is 54.2 Å². The van der Waals surface area contributed by atoms with Gasteiger partial charge in [-0.15, -0.1) is 0 Å². The Bertz CT molecular complexity index is 781. The predicted molar refractivity (Wildman–Crippen MR) is 119 cm³/mol. The van der Waals surface area contributed by atoms with E-state index in [-0.39, 0.29) is 18.2 Å². The van der Waals surface area contributed by atoms with Gasteiger partial charge in [-0.25, -0.2) is 0 Å². The fourth-order valence-electron chi connectivity index (χ4n) is 3.01. The molecule has 30 heavy (non-hydrogen) atoms. The summed E-state index contributed by atoms with van der Waals surface area (Å²) in [6.45, 7) is 4.25. The molecular weight excluding hydrogens is 421 g/mol. The van der Waals surface area contributed by atoms with Crippen LogP contribution in [-0.4, -0.2) is 37.0 Å². The molecule has 0 spiro atoms. The molecule has 2 rings (SSSR count). The first-order chi connectivity index (χ1) is 13.9. The molecule has 0 radical (unpaired) electrons. The number of nitrogens with zero attached hydrogens (tertiary/aromatic N) is 3. The molecule has 0 atom stereocenters. The summed E-state index contributed by atoms with van der Waals surface area (Å²) in [5.74, 6) is 0.265. The summed E-state index contributed by atoms with van der Waals surface area (Å²) in [5, 5.41) is 19.4. The second-order valence-corrected chi connectivity index (χ2v) is 8.47. The van der Waals surface area contributed by atoms with E-state index in [0.29, 0.717) is 28.5 Å². The van der Waals surface area contributed by atoms with E-state index in [1.54, 1.807) is 24.3 Å². The summed E-state index contributed by atoms with van der Waals surface area (Å²) in [6.07, 6.45) is 6.16. The van der Waals surface area contributed by atoms with Gasteiger partial charge < -0.3 is 26.7 Å². The number of quaternary nitrogens is 1.